The highest BCUT2D eigenvalue weighted by molar-refractivity contribution is 7.91. The molecule has 0 aliphatic rings. The zero-order chi connectivity index (χ0) is 15.6. The van der Waals surface area contributed by atoms with Crippen LogP contribution in [0.15, 0.2) is 16.3 Å². The molecular weight excluding hydrogens is 292 g/mol. The molecular formula is C14H26N2O2S2. The Morgan fingerprint density at radius 2 is 1.80 bits per heavy atom. The minimum Gasteiger partial charge on any atom is -0.310 e. The van der Waals surface area contributed by atoms with Crippen LogP contribution in [0.3, 0.4) is 0 Å². The molecule has 0 saturated heterocycles. The normalized spacial score (nSPS) is 14.8. The summed E-state index contributed by atoms with van der Waals surface area (Å²) >= 11 is 1.32. The van der Waals surface area contributed by atoms with E-state index in [2.05, 4.69) is 23.9 Å². The third-order valence-electron chi connectivity index (χ3n) is 3.22. The van der Waals surface area contributed by atoms with Crippen LogP contribution >= 0.6 is 11.3 Å². The lowest BCUT2D eigenvalue weighted by Crippen LogP contribution is -2.41. The van der Waals surface area contributed by atoms with E-state index in [0.717, 1.165) is 4.88 Å². The van der Waals surface area contributed by atoms with Gasteiger partial charge in [0.05, 0.1) is 0 Å². The molecule has 1 aromatic heterocycles. The summed E-state index contributed by atoms with van der Waals surface area (Å²) in [5, 5.41) is 3.29. The summed E-state index contributed by atoms with van der Waals surface area (Å²) in [4.78, 5) is 1.03. The van der Waals surface area contributed by atoms with Gasteiger partial charge in [0, 0.05) is 23.5 Å². The van der Waals surface area contributed by atoms with Gasteiger partial charge in [-0.2, -0.15) is 0 Å². The fraction of sp³-hybridized carbons (Fsp3) is 0.714. The Hall–Kier alpha value is -0.430. The topological polar surface area (TPSA) is 58.2 Å². The summed E-state index contributed by atoms with van der Waals surface area (Å²) in [6, 6.07) is 3.82. The highest BCUT2D eigenvalue weighted by Gasteiger charge is 2.26. The first kappa shape index (κ1) is 17.6. The Morgan fingerprint density at radius 1 is 1.20 bits per heavy atom. The standard InChI is InChI=1S/C14H26N2O2S2/c1-10(2)15-9-12-7-8-13(19-12)20(17,18)16-11(3)14(4,5)6/h7-8,10-11,15-16H,9H2,1-6H3. The maximum absolute atomic E-state index is 12.3. The first-order chi connectivity index (χ1) is 9.02. The van der Waals surface area contributed by atoms with Crippen LogP contribution in [0.2, 0.25) is 0 Å². The van der Waals surface area contributed by atoms with E-state index in [1.807, 2.05) is 33.8 Å². The van der Waals surface area contributed by atoms with Crippen LogP contribution in [-0.2, 0) is 16.6 Å². The molecule has 116 valence electrons. The van der Waals surface area contributed by atoms with Gasteiger partial charge in [0.15, 0.2) is 0 Å². The van der Waals surface area contributed by atoms with E-state index in [1.165, 1.54) is 11.3 Å². The van der Waals surface area contributed by atoms with Crippen molar-refractivity contribution in [3.05, 3.63) is 17.0 Å². The van der Waals surface area contributed by atoms with Crippen molar-refractivity contribution in [2.24, 2.45) is 5.41 Å². The zero-order valence-corrected chi connectivity index (χ0v) is 14.8. The van der Waals surface area contributed by atoms with Crippen LogP contribution in [0.25, 0.3) is 0 Å². The summed E-state index contributed by atoms with van der Waals surface area (Å²) in [7, 11) is -3.42. The molecule has 1 atom stereocenters. The minimum atomic E-state index is -3.42. The fourth-order valence-electron chi connectivity index (χ4n) is 1.37. The van der Waals surface area contributed by atoms with Crippen molar-refractivity contribution in [1.29, 1.82) is 0 Å². The number of nitrogens with one attached hydrogen (secondary N) is 2. The predicted molar refractivity (Wildman–Crippen MR) is 85.5 cm³/mol. The second-order valence-electron chi connectivity index (χ2n) is 6.47. The summed E-state index contributed by atoms with van der Waals surface area (Å²) in [5.74, 6) is 0. The number of hydrogen-bond donors (Lipinski definition) is 2. The zero-order valence-electron chi connectivity index (χ0n) is 13.1. The lowest BCUT2D eigenvalue weighted by molar-refractivity contribution is 0.318. The van der Waals surface area contributed by atoms with Crippen molar-refractivity contribution in [3.8, 4) is 0 Å². The molecule has 0 amide bonds. The third kappa shape index (κ3) is 5.16. The SMILES string of the molecule is CC(C)NCc1ccc(S(=O)(=O)NC(C)C(C)(C)C)s1. The second-order valence-corrected chi connectivity index (χ2v) is 9.57. The van der Waals surface area contributed by atoms with Crippen LogP contribution in [0.5, 0.6) is 0 Å². The molecule has 20 heavy (non-hydrogen) atoms. The van der Waals surface area contributed by atoms with Gasteiger partial charge in [-0.15, -0.1) is 11.3 Å². The van der Waals surface area contributed by atoms with Gasteiger partial charge < -0.3 is 5.32 Å². The van der Waals surface area contributed by atoms with Crippen LogP contribution in [0.1, 0.15) is 46.4 Å². The van der Waals surface area contributed by atoms with E-state index in [1.54, 1.807) is 6.07 Å². The fourth-order valence-corrected chi connectivity index (χ4v) is 4.14. The number of hydrogen-bond acceptors (Lipinski definition) is 4. The minimum absolute atomic E-state index is 0.105. The van der Waals surface area contributed by atoms with Crippen molar-refractivity contribution in [1.82, 2.24) is 10.0 Å². The van der Waals surface area contributed by atoms with Crippen molar-refractivity contribution in [2.45, 2.75) is 64.4 Å². The van der Waals surface area contributed by atoms with E-state index < -0.39 is 10.0 Å². The van der Waals surface area contributed by atoms with Crippen molar-refractivity contribution in [3.63, 3.8) is 0 Å². The average molecular weight is 319 g/mol. The van der Waals surface area contributed by atoms with Crippen molar-refractivity contribution < 1.29 is 8.42 Å². The lowest BCUT2D eigenvalue weighted by atomic mass is 9.89. The van der Waals surface area contributed by atoms with Crippen molar-refractivity contribution in [2.75, 3.05) is 0 Å². The molecule has 0 bridgehead atoms. The van der Waals surface area contributed by atoms with Gasteiger partial charge in [-0.3, -0.25) is 0 Å². The molecule has 6 heteroatoms. The Morgan fingerprint density at radius 3 is 2.30 bits per heavy atom. The van der Waals surface area contributed by atoms with E-state index in [0.29, 0.717) is 16.8 Å². The molecule has 1 rings (SSSR count). The first-order valence-electron chi connectivity index (χ1n) is 6.87. The molecule has 1 heterocycles. The van der Waals surface area contributed by atoms with Gasteiger partial charge in [0.2, 0.25) is 10.0 Å². The smallest absolute Gasteiger partial charge is 0.250 e. The van der Waals surface area contributed by atoms with E-state index in [9.17, 15) is 8.42 Å². The van der Waals surface area contributed by atoms with E-state index in [4.69, 9.17) is 0 Å². The maximum Gasteiger partial charge on any atom is 0.250 e. The summed E-state index contributed by atoms with van der Waals surface area (Å²) in [6.45, 7) is 12.8. The van der Waals surface area contributed by atoms with Crippen LogP contribution in [0.4, 0.5) is 0 Å². The van der Waals surface area contributed by atoms with Crippen LogP contribution in [-0.4, -0.2) is 20.5 Å². The second kappa shape index (κ2) is 6.56. The average Bonchev–Trinajstić information content (AvgIpc) is 2.73. The van der Waals surface area contributed by atoms with Gasteiger partial charge in [-0.1, -0.05) is 34.6 Å². The summed E-state index contributed by atoms with van der Waals surface area (Å²) in [5.41, 5.74) is -0.105. The quantitative estimate of drug-likeness (QED) is 0.848. The van der Waals surface area contributed by atoms with Crippen LogP contribution < -0.4 is 10.0 Å². The Balaban J connectivity index is 2.78. The molecule has 0 fully saturated rings. The molecule has 4 nitrogen and oxygen atoms in total. The van der Waals surface area contributed by atoms with Crippen LogP contribution in [0, 0.1) is 5.41 Å². The Bertz CT molecular complexity index is 528. The molecule has 0 aliphatic heterocycles. The number of rotatable bonds is 6. The molecule has 1 aromatic rings. The molecule has 2 N–H and O–H groups in total. The molecule has 0 spiro atoms. The summed E-state index contributed by atoms with van der Waals surface area (Å²) < 4.78 is 27.8. The van der Waals surface area contributed by atoms with Crippen molar-refractivity contribution >= 4 is 21.4 Å². The monoisotopic (exact) mass is 318 g/mol. The first-order valence-corrected chi connectivity index (χ1v) is 9.17. The molecule has 1 unspecified atom stereocenters. The molecule has 0 aromatic carbocycles. The van der Waals surface area contributed by atoms with Gasteiger partial charge in [0.25, 0.3) is 0 Å². The Labute approximate surface area is 127 Å². The van der Waals surface area contributed by atoms with E-state index in [-0.39, 0.29) is 11.5 Å². The summed E-state index contributed by atoms with van der Waals surface area (Å²) in [6.07, 6.45) is 0. The largest absolute Gasteiger partial charge is 0.310 e. The maximum atomic E-state index is 12.3. The highest BCUT2D eigenvalue weighted by atomic mass is 32.2. The van der Waals surface area contributed by atoms with Gasteiger partial charge in [0.1, 0.15) is 4.21 Å². The lowest BCUT2D eigenvalue weighted by Gasteiger charge is -2.27. The van der Waals surface area contributed by atoms with E-state index >= 15 is 0 Å². The predicted octanol–water partition coefficient (Wildman–Crippen LogP) is 2.96. The molecule has 0 aliphatic carbocycles. The molecule has 0 saturated carbocycles. The number of sulfonamides is 1. The third-order valence-corrected chi connectivity index (χ3v) is 6.34. The van der Waals surface area contributed by atoms with Gasteiger partial charge in [-0.25, -0.2) is 13.1 Å². The highest BCUT2D eigenvalue weighted by Crippen LogP contribution is 2.25. The molecule has 0 radical (unpaired) electrons. The van der Waals surface area contributed by atoms with Gasteiger partial charge >= 0.3 is 0 Å². The Kier molecular flexibility index (Phi) is 5.78. The van der Waals surface area contributed by atoms with Gasteiger partial charge in [-0.05, 0) is 24.5 Å². The number of thiophene rings is 1.